The molecular weight excluding hydrogens is 290 g/mol. The highest BCUT2D eigenvalue weighted by Gasteiger charge is 2.15. The van der Waals surface area contributed by atoms with Crippen LogP contribution < -0.4 is 10.1 Å². The average Bonchev–Trinajstić information content (AvgIpc) is 2.48. The zero-order valence-corrected chi connectivity index (χ0v) is 14.4. The lowest BCUT2D eigenvalue weighted by Crippen LogP contribution is -2.32. The number of ether oxygens (including phenoxy) is 2. The SMILES string of the molecule is C#Cc1cccc(OCCCCCCNC(=O)OC(C)(C)C)c1. The van der Waals surface area contributed by atoms with Crippen molar-refractivity contribution in [1.29, 1.82) is 0 Å². The summed E-state index contributed by atoms with van der Waals surface area (Å²) >= 11 is 0. The van der Waals surface area contributed by atoms with Crippen molar-refractivity contribution in [2.24, 2.45) is 0 Å². The van der Waals surface area contributed by atoms with Gasteiger partial charge in [0, 0.05) is 12.1 Å². The second kappa shape index (κ2) is 9.78. The van der Waals surface area contributed by atoms with Crippen LogP contribution in [0.3, 0.4) is 0 Å². The van der Waals surface area contributed by atoms with Crippen LogP contribution in [0.25, 0.3) is 0 Å². The highest BCUT2D eigenvalue weighted by Crippen LogP contribution is 2.13. The fourth-order valence-corrected chi connectivity index (χ4v) is 1.95. The molecule has 0 radical (unpaired) electrons. The minimum Gasteiger partial charge on any atom is -0.494 e. The maximum Gasteiger partial charge on any atom is 0.407 e. The number of benzene rings is 1. The van der Waals surface area contributed by atoms with Gasteiger partial charge in [-0.2, -0.15) is 0 Å². The third-order valence-electron chi connectivity index (χ3n) is 3.01. The van der Waals surface area contributed by atoms with E-state index in [1.807, 2.05) is 45.0 Å². The fraction of sp³-hybridized carbons (Fsp3) is 0.526. The van der Waals surface area contributed by atoms with E-state index in [1.54, 1.807) is 0 Å². The third-order valence-corrected chi connectivity index (χ3v) is 3.01. The first-order chi connectivity index (χ1) is 10.9. The number of unbranched alkanes of at least 4 members (excludes halogenated alkanes) is 3. The van der Waals surface area contributed by atoms with Crippen LogP contribution >= 0.6 is 0 Å². The zero-order chi connectivity index (χ0) is 17.1. The molecule has 0 aliphatic rings. The number of amides is 1. The molecule has 1 aromatic rings. The molecule has 0 aliphatic heterocycles. The summed E-state index contributed by atoms with van der Waals surface area (Å²) in [5.74, 6) is 3.40. The molecule has 0 unspecified atom stereocenters. The molecule has 0 saturated carbocycles. The number of hydrogen-bond donors (Lipinski definition) is 1. The Morgan fingerprint density at radius 2 is 1.96 bits per heavy atom. The molecule has 23 heavy (non-hydrogen) atoms. The molecule has 1 amide bonds. The lowest BCUT2D eigenvalue weighted by molar-refractivity contribution is 0.0527. The largest absolute Gasteiger partial charge is 0.494 e. The van der Waals surface area contributed by atoms with Gasteiger partial charge >= 0.3 is 6.09 Å². The Morgan fingerprint density at radius 1 is 1.22 bits per heavy atom. The number of nitrogens with one attached hydrogen (secondary N) is 1. The number of carbonyl (C=O) groups excluding carboxylic acids is 1. The molecule has 1 N–H and O–H groups in total. The number of alkyl carbamates (subject to hydrolysis) is 1. The molecule has 4 nitrogen and oxygen atoms in total. The van der Waals surface area contributed by atoms with Gasteiger partial charge < -0.3 is 14.8 Å². The highest BCUT2D eigenvalue weighted by molar-refractivity contribution is 5.67. The van der Waals surface area contributed by atoms with Crippen LogP contribution in [0.1, 0.15) is 52.0 Å². The summed E-state index contributed by atoms with van der Waals surface area (Å²) in [6, 6.07) is 7.55. The Labute approximate surface area is 139 Å². The quantitative estimate of drug-likeness (QED) is 0.579. The minimum atomic E-state index is -0.446. The summed E-state index contributed by atoms with van der Waals surface area (Å²) in [6.07, 6.45) is 9.02. The standard InChI is InChI=1S/C19H27NO3/c1-5-16-11-10-12-17(15-16)22-14-9-7-6-8-13-20-18(21)23-19(2,3)4/h1,10-12,15H,6-9,13-14H2,2-4H3,(H,20,21). The summed E-state index contributed by atoms with van der Waals surface area (Å²) in [4.78, 5) is 11.4. The number of rotatable bonds is 8. The van der Waals surface area contributed by atoms with Gasteiger partial charge in [-0.1, -0.05) is 24.8 Å². The van der Waals surface area contributed by atoms with Crippen molar-refractivity contribution >= 4 is 6.09 Å². The van der Waals surface area contributed by atoms with Gasteiger partial charge in [0.1, 0.15) is 11.4 Å². The molecule has 1 rings (SSSR count). The zero-order valence-electron chi connectivity index (χ0n) is 14.4. The van der Waals surface area contributed by atoms with Crippen LogP contribution in [0.4, 0.5) is 4.79 Å². The summed E-state index contributed by atoms with van der Waals surface area (Å²) in [5.41, 5.74) is 0.383. The molecule has 0 fully saturated rings. The van der Waals surface area contributed by atoms with Crippen molar-refractivity contribution in [1.82, 2.24) is 5.32 Å². The maximum atomic E-state index is 11.4. The maximum absolute atomic E-state index is 11.4. The van der Waals surface area contributed by atoms with Gasteiger partial charge in [-0.25, -0.2) is 4.79 Å². The van der Waals surface area contributed by atoms with E-state index in [2.05, 4.69) is 11.2 Å². The van der Waals surface area contributed by atoms with Crippen molar-refractivity contribution < 1.29 is 14.3 Å². The van der Waals surface area contributed by atoms with Crippen molar-refractivity contribution in [3.63, 3.8) is 0 Å². The molecule has 126 valence electrons. The van der Waals surface area contributed by atoms with Gasteiger partial charge in [0.05, 0.1) is 6.61 Å². The van der Waals surface area contributed by atoms with Gasteiger partial charge in [-0.15, -0.1) is 6.42 Å². The van der Waals surface area contributed by atoms with Crippen LogP contribution in [0.15, 0.2) is 24.3 Å². The van der Waals surface area contributed by atoms with Crippen LogP contribution in [-0.4, -0.2) is 24.8 Å². The highest BCUT2D eigenvalue weighted by atomic mass is 16.6. The Bertz CT molecular complexity index is 526. The van der Waals surface area contributed by atoms with Gasteiger partial charge in [0.2, 0.25) is 0 Å². The molecule has 0 bridgehead atoms. The molecule has 1 aromatic carbocycles. The molecule has 0 aromatic heterocycles. The molecule has 0 atom stereocenters. The van der Waals surface area contributed by atoms with Crippen molar-refractivity contribution in [2.75, 3.05) is 13.2 Å². The van der Waals surface area contributed by atoms with E-state index in [0.717, 1.165) is 37.0 Å². The topological polar surface area (TPSA) is 47.6 Å². The van der Waals surface area contributed by atoms with E-state index in [0.29, 0.717) is 13.2 Å². The molecule has 0 saturated heterocycles. The van der Waals surface area contributed by atoms with Gasteiger partial charge in [0.25, 0.3) is 0 Å². The van der Waals surface area contributed by atoms with Gasteiger partial charge in [-0.3, -0.25) is 0 Å². The molecule has 0 aliphatic carbocycles. The number of terminal acetylenes is 1. The summed E-state index contributed by atoms with van der Waals surface area (Å²) < 4.78 is 10.8. The van der Waals surface area contributed by atoms with Gasteiger partial charge in [-0.05, 0) is 51.8 Å². The van der Waals surface area contributed by atoms with E-state index in [9.17, 15) is 4.79 Å². The molecule has 0 heterocycles. The predicted molar refractivity (Wildman–Crippen MR) is 92.6 cm³/mol. The smallest absolute Gasteiger partial charge is 0.407 e. The van der Waals surface area contributed by atoms with E-state index in [1.165, 1.54) is 0 Å². The van der Waals surface area contributed by atoms with E-state index in [-0.39, 0.29) is 6.09 Å². The lowest BCUT2D eigenvalue weighted by Gasteiger charge is -2.19. The normalized spacial score (nSPS) is 10.7. The Balaban J connectivity index is 2.01. The van der Waals surface area contributed by atoms with E-state index >= 15 is 0 Å². The predicted octanol–water partition coefficient (Wildman–Crippen LogP) is 4.13. The minimum absolute atomic E-state index is 0.353. The second-order valence-corrected chi connectivity index (χ2v) is 6.36. The van der Waals surface area contributed by atoms with Crippen LogP contribution in [-0.2, 0) is 4.74 Å². The molecule has 4 heteroatoms. The monoisotopic (exact) mass is 317 g/mol. The first-order valence-electron chi connectivity index (χ1n) is 8.07. The van der Waals surface area contributed by atoms with E-state index < -0.39 is 5.60 Å². The first-order valence-corrected chi connectivity index (χ1v) is 8.07. The van der Waals surface area contributed by atoms with E-state index in [4.69, 9.17) is 15.9 Å². The van der Waals surface area contributed by atoms with Crippen LogP contribution in [0.5, 0.6) is 5.75 Å². The van der Waals surface area contributed by atoms with Crippen molar-refractivity contribution in [3.05, 3.63) is 29.8 Å². The Hall–Kier alpha value is -2.15. The van der Waals surface area contributed by atoms with Crippen molar-refractivity contribution in [3.8, 4) is 18.1 Å². The second-order valence-electron chi connectivity index (χ2n) is 6.36. The average molecular weight is 317 g/mol. The van der Waals surface area contributed by atoms with Crippen LogP contribution in [0.2, 0.25) is 0 Å². The van der Waals surface area contributed by atoms with Crippen molar-refractivity contribution in [2.45, 2.75) is 52.1 Å². The number of hydrogen-bond acceptors (Lipinski definition) is 3. The van der Waals surface area contributed by atoms with Gasteiger partial charge in [0.15, 0.2) is 0 Å². The Morgan fingerprint density at radius 3 is 2.65 bits per heavy atom. The number of carbonyl (C=O) groups is 1. The fourth-order valence-electron chi connectivity index (χ4n) is 1.95. The summed E-state index contributed by atoms with van der Waals surface area (Å²) in [6.45, 7) is 6.87. The Kier molecular flexibility index (Phi) is 8.04. The lowest BCUT2D eigenvalue weighted by atomic mass is 10.2. The first kappa shape index (κ1) is 18.9. The summed E-state index contributed by atoms with van der Waals surface area (Å²) in [5, 5.41) is 2.76. The molecular formula is C19H27NO3. The summed E-state index contributed by atoms with van der Waals surface area (Å²) in [7, 11) is 0. The van der Waals surface area contributed by atoms with Crippen LogP contribution in [0, 0.1) is 12.3 Å². The third kappa shape index (κ3) is 9.46. The molecule has 0 spiro atoms.